The van der Waals surface area contributed by atoms with Crippen LogP contribution < -0.4 is 16.4 Å². The Morgan fingerprint density at radius 3 is 2.76 bits per heavy atom. The SMILES string of the molecule is CN=CC(=C(N)Cc1ccccc1)c1cccc2c1NCCC(=O)N2. The molecule has 2 aromatic rings. The zero-order valence-electron chi connectivity index (χ0n) is 14.3. The third-order valence-corrected chi connectivity index (χ3v) is 4.12. The van der Waals surface area contributed by atoms with Gasteiger partial charge in [-0.15, -0.1) is 0 Å². The van der Waals surface area contributed by atoms with E-state index in [0.717, 1.165) is 33.8 Å². The van der Waals surface area contributed by atoms with Crippen LogP contribution in [-0.4, -0.2) is 25.7 Å². The van der Waals surface area contributed by atoms with E-state index in [4.69, 9.17) is 5.73 Å². The number of nitrogens with zero attached hydrogens (tertiary/aromatic N) is 1. The molecule has 25 heavy (non-hydrogen) atoms. The minimum absolute atomic E-state index is 0.00958. The van der Waals surface area contributed by atoms with Crippen LogP contribution in [0.2, 0.25) is 0 Å². The predicted octanol–water partition coefficient (Wildman–Crippen LogP) is 3.05. The fourth-order valence-corrected chi connectivity index (χ4v) is 2.95. The fraction of sp³-hybridized carbons (Fsp3) is 0.200. The van der Waals surface area contributed by atoms with Gasteiger partial charge in [-0.3, -0.25) is 9.79 Å². The van der Waals surface area contributed by atoms with Crippen LogP contribution in [-0.2, 0) is 11.2 Å². The molecule has 1 heterocycles. The van der Waals surface area contributed by atoms with Crippen molar-refractivity contribution < 1.29 is 4.79 Å². The van der Waals surface area contributed by atoms with E-state index in [0.29, 0.717) is 19.4 Å². The first-order valence-corrected chi connectivity index (χ1v) is 8.31. The van der Waals surface area contributed by atoms with Crippen LogP contribution in [0.25, 0.3) is 5.57 Å². The van der Waals surface area contributed by atoms with Crippen molar-refractivity contribution in [3.8, 4) is 0 Å². The summed E-state index contributed by atoms with van der Waals surface area (Å²) in [6.45, 7) is 0.588. The lowest BCUT2D eigenvalue weighted by Crippen LogP contribution is -2.10. The Labute approximate surface area is 147 Å². The van der Waals surface area contributed by atoms with Crippen molar-refractivity contribution in [3.63, 3.8) is 0 Å². The number of rotatable bonds is 4. The van der Waals surface area contributed by atoms with Gasteiger partial charge < -0.3 is 16.4 Å². The molecular formula is C20H22N4O. The molecule has 1 amide bonds. The van der Waals surface area contributed by atoms with Gasteiger partial charge in [0, 0.05) is 49.5 Å². The van der Waals surface area contributed by atoms with E-state index in [1.165, 1.54) is 0 Å². The molecule has 0 saturated carbocycles. The number of nitrogens with two attached hydrogens (primary N) is 1. The Morgan fingerprint density at radius 1 is 1.20 bits per heavy atom. The number of para-hydroxylation sites is 1. The van der Waals surface area contributed by atoms with Crippen molar-refractivity contribution in [3.05, 3.63) is 65.4 Å². The third kappa shape index (κ3) is 3.88. The van der Waals surface area contributed by atoms with E-state index in [2.05, 4.69) is 27.8 Å². The molecule has 2 aromatic carbocycles. The van der Waals surface area contributed by atoms with Crippen molar-refractivity contribution in [1.82, 2.24) is 0 Å². The summed E-state index contributed by atoms with van der Waals surface area (Å²) >= 11 is 0. The topological polar surface area (TPSA) is 79.5 Å². The number of amides is 1. The summed E-state index contributed by atoms with van der Waals surface area (Å²) in [6, 6.07) is 15.9. The van der Waals surface area contributed by atoms with Crippen molar-refractivity contribution in [2.24, 2.45) is 10.7 Å². The summed E-state index contributed by atoms with van der Waals surface area (Å²) in [7, 11) is 1.73. The Kier molecular flexibility index (Phi) is 5.14. The highest BCUT2D eigenvalue weighted by Gasteiger charge is 2.18. The molecule has 5 nitrogen and oxygen atoms in total. The summed E-state index contributed by atoms with van der Waals surface area (Å²) < 4.78 is 0. The predicted molar refractivity (Wildman–Crippen MR) is 104 cm³/mol. The first-order chi connectivity index (χ1) is 12.2. The highest BCUT2D eigenvalue weighted by Crippen LogP contribution is 2.33. The zero-order chi connectivity index (χ0) is 17.6. The number of benzene rings is 2. The molecule has 0 atom stereocenters. The Morgan fingerprint density at radius 2 is 2.00 bits per heavy atom. The molecule has 0 saturated heterocycles. The van der Waals surface area contributed by atoms with E-state index in [9.17, 15) is 4.79 Å². The number of allylic oxidation sites excluding steroid dienone is 2. The zero-order valence-corrected chi connectivity index (χ0v) is 14.3. The van der Waals surface area contributed by atoms with Gasteiger partial charge in [0.15, 0.2) is 0 Å². The smallest absolute Gasteiger partial charge is 0.226 e. The standard InChI is InChI=1S/C20H22N4O/c1-22-13-16(17(21)12-14-6-3-2-4-7-14)15-8-5-9-18-20(15)23-11-10-19(25)24-18/h2-9,13,23H,10-12,21H2,1H3,(H,24,25). The van der Waals surface area contributed by atoms with Gasteiger partial charge in [0.1, 0.15) is 0 Å². The third-order valence-electron chi connectivity index (χ3n) is 4.12. The maximum atomic E-state index is 11.8. The van der Waals surface area contributed by atoms with Crippen molar-refractivity contribution in [2.45, 2.75) is 12.8 Å². The number of hydrogen-bond acceptors (Lipinski definition) is 4. The van der Waals surface area contributed by atoms with Gasteiger partial charge in [0.25, 0.3) is 0 Å². The monoisotopic (exact) mass is 334 g/mol. The minimum Gasteiger partial charge on any atom is -0.401 e. The molecule has 0 radical (unpaired) electrons. The Balaban J connectivity index is 2.05. The average molecular weight is 334 g/mol. The van der Waals surface area contributed by atoms with Gasteiger partial charge in [0.2, 0.25) is 5.91 Å². The lowest BCUT2D eigenvalue weighted by Gasteiger charge is -2.16. The second-order valence-corrected chi connectivity index (χ2v) is 5.94. The maximum Gasteiger partial charge on any atom is 0.226 e. The van der Waals surface area contributed by atoms with Crippen molar-refractivity contribution >= 4 is 29.1 Å². The van der Waals surface area contributed by atoms with Crippen LogP contribution in [0, 0.1) is 0 Å². The minimum atomic E-state index is 0.00958. The van der Waals surface area contributed by atoms with Gasteiger partial charge in [-0.1, -0.05) is 42.5 Å². The lowest BCUT2D eigenvalue weighted by atomic mass is 9.98. The highest BCUT2D eigenvalue weighted by molar-refractivity contribution is 6.14. The normalized spacial score (nSPS) is 15.0. The molecule has 3 rings (SSSR count). The van der Waals surface area contributed by atoms with Crippen LogP contribution in [0.15, 0.2) is 59.2 Å². The summed E-state index contributed by atoms with van der Waals surface area (Å²) in [5, 5.41) is 6.29. The molecule has 4 N–H and O–H groups in total. The van der Waals surface area contributed by atoms with E-state index in [1.807, 2.05) is 36.4 Å². The second kappa shape index (κ2) is 7.66. The van der Waals surface area contributed by atoms with Gasteiger partial charge in [-0.05, 0) is 11.6 Å². The Hall–Kier alpha value is -3.08. The molecule has 0 aromatic heterocycles. The first kappa shape index (κ1) is 16.8. The summed E-state index contributed by atoms with van der Waals surface area (Å²) in [5.41, 5.74) is 11.8. The maximum absolute atomic E-state index is 11.8. The quantitative estimate of drug-likeness (QED) is 0.752. The molecule has 1 aliphatic rings. The number of nitrogens with one attached hydrogen (secondary N) is 2. The van der Waals surface area contributed by atoms with Crippen LogP contribution >= 0.6 is 0 Å². The number of carbonyl (C=O) groups is 1. The van der Waals surface area contributed by atoms with E-state index < -0.39 is 0 Å². The lowest BCUT2D eigenvalue weighted by molar-refractivity contribution is -0.115. The molecule has 5 heteroatoms. The van der Waals surface area contributed by atoms with Gasteiger partial charge in [0.05, 0.1) is 11.4 Å². The van der Waals surface area contributed by atoms with Gasteiger partial charge >= 0.3 is 0 Å². The van der Waals surface area contributed by atoms with Crippen LogP contribution in [0.4, 0.5) is 11.4 Å². The molecule has 0 aliphatic carbocycles. The number of carbonyl (C=O) groups excluding carboxylic acids is 1. The highest BCUT2D eigenvalue weighted by atomic mass is 16.1. The largest absolute Gasteiger partial charge is 0.401 e. The summed E-state index contributed by atoms with van der Waals surface area (Å²) in [5.74, 6) is 0.00958. The molecular weight excluding hydrogens is 312 g/mol. The molecule has 0 unspecified atom stereocenters. The molecule has 0 spiro atoms. The molecule has 0 bridgehead atoms. The molecule has 0 fully saturated rings. The Bertz CT molecular complexity index is 825. The summed E-state index contributed by atoms with van der Waals surface area (Å²) in [4.78, 5) is 16.0. The molecule has 128 valence electrons. The number of fused-ring (bicyclic) bond motifs is 1. The summed E-state index contributed by atoms with van der Waals surface area (Å²) in [6.07, 6.45) is 2.86. The van der Waals surface area contributed by atoms with Crippen LogP contribution in [0.3, 0.4) is 0 Å². The number of aliphatic imine (C=N–C) groups is 1. The fourth-order valence-electron chi connectivity index (χ4n) is 2.95. The molecule has 1 aliphatic heterocycles. The number of hydrogen-bond donors (Lipinski definition) is 3. The first-order valence-electron chi connectivity index (χ1n) is 8.31. The van der Waals surface area contributed by atoms with Crippen LogP contribution in [0.5, 0.6) is 0 Å². The van der Waals surface area contributed by atoms with E-state index >= 15 is 0 Å². The van der Waals surface area contributed by atoms with Gasteiger partial charge in [-0.2, -0.15) is 0 Å². The van der Waals surface area contributed by atoms with Crippen molar-refractivity contribution in [2.75, 3.05) is 24.2 Å². The average Bonchev–Trinajstić information content (AvgIpc) is 2.81. The van der Waals surface area contributed by atoms with E-state index in [1.54, 1.807) is 13.3 Å². The van der Waals surface area contributed by atoms with Crippen LogP contribution in [0.1, 0.15) is 17.5 Å². The van der Waals surface area contributed by atoms with Crippen molar-refractivity contribution in [1.29, 1.82) is 0 Å². The number of anilines is 2. The van der Waals surface area contributed by atoms with E-state index in [-0.39, 0.29) is 5.91 Å². The van der Waals surface area contributed by atoms with Gasteiger partial charge in [-0.25, -0.2) is 0 Å². The second-order valence-electron chi connectivity index (χ2n) is 5.94.